The van der Waals surface area contributed by atoms with Crippen molar-refractivity contribution in [3.05, 3.63) is 70.9 Å². The number of fused-ring (bicyclic) bond motifs is 1. The molecule has 0 saturated heterocycles. The Labute approximate surface area is 136 Å². The van der Waals surface area contributed by atoms with Gasteiger partial charge in [-0.05, 0) is 24.3 Å². The topological polar surface area (TPSA) is 70.4 Å². The zero-order valence-electron chi connectivity index (χ0n) is 12.9. The predicted octanol–water partition coefficient (Wildman–Crippen LogP) is 3.31. The van der Waals surface area contributed by atoms with E-state index in [0.29, 0.717) is 22.8 Å². The molecule has 0 radical (unpaired) electrons. The molecule has 0 aliphatic rings. The quantitative estimate of drug-likeness (QED) is 0.576. The largest absolute Gasteiger partial charge is 0.496 e. The van der Waals surface area contributed by atoms with Crippen molar-refractivity contribution in [1.82, 2.24) is 9.72 Å². The Kier molecular flexibility index (Phi) is 3.42. The molecule has 2 aromatic heterocycles. The number of aromatic nitrogens is 2. The molecule has 0 atom stereocenters. The van der Waals surface area contributed by atoms with E-state index in [0.717, 1.165) is 11.1 Å². The van der Waals surface area contributed by atoms with Crippen LogP contribution in [0, 0.1) is 0 Å². The lowest BCUT2D eigenvalue weighted by molar-refractivity contribution is 0.373. The average Bonchev–Trinajstić information content (AvgIpc) is 3.20. The molecule has 2 aromatic carbocycles. The molecule has 4 rings (SSSR count). The molecule has 120 valence electrons. The summed E-state index contributed by atoms with van der Waals surface area (Å²) in [5, 5.41) is 4.08. The summed E-state index contributed by atoms with van der Waals surface area (Å²) in [6.07, 6.45) is 0. The maximum absolute atomic E-state index is 12.0. The summed E-state index contributed by atoms with van der Waals surface area (Å²) < 4.78 is 17.5. The summed E-state index contributed by atoms with van der Waals surface area (Å²) in [6.45, 7) is 0.248. The van der Waals surface area contributed by atoms with Gasteiger partial charge in [-0.3, -0.25) is 4.57 Å². The lowest BCUT2D eigenvalue weighted by Gasteiger charge is -2.03. The smallest absolute Gasteiger partial charge is 0.420 e. The molecule has 0 aliphatic heterocycles. The van der Waals surface area contributed by atoms with Crippen LogP contribution in [-0.4, -0.2) is 16.8 Å². The van der Waals surface area contributed by atoms with Crippen molar-refractivity contribution < 1.29 is 13.7 Å². The van der Waals surface area contributed by atoms with Crippen LogP contribution in [0.15, 0.2) is 68.3 Å². The maximum Gasteiger partial charge on any atom is 0.420 e. The number of ether oxygens (including phenoxy) is 1. The van der Waals surface area contributed by atoms with Gasteiger partial charge in [-0.15, -0.1) is 0 Å². The third kappa shape index (κ3) is 2.38. The van der Waals surface area contributed by atoms with Gasteiger partial charge in [-0.1, -0.05) is 29.4 Å². The third-order valence-electron chi connectivity index (χ3n) is 3.83. The van der Waals surface area contributed by atoms with E-state index in [1.807, 2.05) is 42.5 Å². The second-order valence-electron chi connectivity index (χ2n) is 5.30. The van der Waals surface area contributed by atoms with Crippen LogP contribution in [0.3, 0.4) is 0 Å². The molecule has 6 nitrogen and oxygen atoms in total. The van der Waals surface area contributed by atoms with Crippen LogP contribution in [0.4, 0.5) is 0 Å². The molecule has 0 bridgehead atoms. The summed E-state index contributed by atoms with van der Waals surface area (Å²) in [4.78, 5) is 12.0. The van der Waals surface area contributed by atoms with E-state index in [-0.39, 0.29) is 6.54 Å². The van der Waals surface area contributed by atoms with E-state index >= 15 is 0 Å². The number of oxazole rings is 1. The number of benzene rings is 2. The van der Waals surface area contributed by atoms with E-state index in [4.69, 9.17) is 13.7 Å². The van der Waals surface area contributed by atoms with Gasteiger partial charge in [0.15, 0.2) is 11.3 Å². The maximum atomic E-state index is 12.0. The molecule has 4 aromatic rings. The highest BCUT2D eigenvalue weighted by molar-refractivity contribution is 5.72. The fourth-order valence-electron chi connectivity index (χ4n) is 2.69. The van der Waals surface area contributed by atoms with E-state index in [1.165, 1.54) is 4.57 Å². The third-order valence-corrected chi connectivity index (χ3v) is 3.83. The molecule has 24 heavy (non-hydrogen) atoms. The lowest BCUT2D eigenvalue weighted by Crippen LogP contribution is -2.14. The number of hydrogen-bond donors (Lipinski definition) is 0. The van der Waals surface area contributed by atoms with Gasteiger partial charge in [-0.2, -0.15) is 0 Å². The molecule has 0 spiro atoms. The van der Waals surface area contributed by atoms with Crippen molar-refractivity contribution in [3.8, 4) is 17.0 Å². The molecular formula is C18H14N2O4. The average molecular weight is 322 g/mol. The SMILES string of the molecule is COc1ccccc1-c1cc(Cn2c(=O)oc3ccccc32)on1. The van der Waals surface area contributed by atoms with Crippen LogP contribution in [-0.2, 0) is 6.54 Å². The summed E-state index contributed by atoms with van der Waals surface area (Å²) in [5.74, 6) is 0.847. The van der Waals surface area contributed by atoms with Gasteiger partial charge in [0, 0.05) is 11.6 Å². The second-order valence-corrected chi connectivity index (χ2v) is 5.30. The first-order chi connectivity index (χ1) is 11.8. The molecule has 0 fully saturated rings. The van der Waals surface area contributed by atoms with Crippen molar-refractivity contribution in [2.75, 3.05) is 7.11 Å². The zero-order valence-corrected chi connectivity index (χ0v) is 12.9. The van der Waals surface area contributed by atoms with Gasteiger partial charge in [0.05, 0.1) is 19.2 Å². The fourth-order valence-corrected chi connectivity index (χ4v) is 2.69. The minimum Gasteiger partial charge on any atom is -0.496 e. The highest BCUT2D eigenvalue weighted by atomic mass is 16.5. The zero-order chi connectivity index (χ0) is 16.5. The first kappa shape index (κ1) is 14.3. The van der Waals surface area contributed by atoms with Crippen molar-refractivity contribution >= 4 is 11.1 Å². The van der Waals surface area contributed by atoms with Gasteiger partial charge in [0.2, 0.25) is 0 Å². The van der Waals surface area contributed by atoms with E-state index in [9.17, 15) is 4.79 Å². The Hall–Kier alpha value is -3.28. The molecule has 6 heteroatoms. The molecule has 0 saturated carbocycles. The molecule has 0 unspecified atom stereocenters. The van der Waals surface area contributed by atoms with Crippen LogP contribution in [0.25, 0.3) is 22.4 Å². The Morgan fingerprint density at radius 3 is 2.79 bits per heavy atom. The first-order valence-corrected chi connectivity index (χ1v) is 7.43. The van der Waals surface area contributed by atoms with Crippen LogP contribution < -0.4 is 10.5 Å². The minimum absolute atomic E-state index is 0.248. The molecule has 0 amide bonds. The number of hydrogen-bond acceptors (Lipinski definition) is 5. The van der Waals surface area contributed by atoms with Crippen LogP contribution in [0.5, 0.6) is 5.75 Å². The number of para-hydroxylation sites is 3. The van der Waals surface area contributed by atoms with Crippen molar-refractivity contribution in [1.29, 1.82) is 0 Å². The Balaban J connectivity index is 1.71. The Morgan fingerprint density at radius 1 is 1.12 bits per heavy atom. The number of rotatable bonds is 4. The molecular weight excluding hydrogens is 308 g/mol. The lowest BCUT2D eigenvalue weighted by atomic mass is 10.1. The van der Waals surface area contributed by atoms with Gasteiger partial charge < -0.3 is 13.7 Å². The summed E-state index contributed by atoms with van der Waals surface area (Å²) >= 11 is 0. The first-order valence-electron chi connectivity index (χ1n) is 7.43. The number of methoxy groups -OCH3 is 1. The molecule has 0 aliphatic carbocycles. The van der Waals surface area contributed by atoms with Crippen LogP contribution >= 0.6 is 0 Å². The van der Waals surface area contributed by atoms with Crippen LogP contribution in [0.1, 0.15) is 5.76 Å². The van der Waals surface area contributed by atoms with Crippen molar-refractivity contribution in [2.45, 2.75) is 6.54 Å². The normalized spacial score (nSPS) is 11.0. The standard InChI is InChI=1S/C18H14N2O4/c1-22-16-8-4-2-6-13(16)14-10-12(24-19-14)11-20-15-7-3-5-9-17(15)23-18(20)21/h2-10H,11H2,1H3. The molecule has 0 N–H and O–H groups in total. The van der Waals surface area contributed by atoms with Gasteiger partial charge in [0.1, 0.15) is 11.4 Å². The van der Waals surface area contributed by atoms with E-state index in [2.05, 4.69) is 5.16 Å². The Morgan fingerprint density at radius 2 is 1.92 bits per heavy atom. The van der Waals surface area contributed by atoms with E-state index in [1.54, 1.807) is 19.2 Å². The van der Waals surface area contributed by atoms with Gasteiger partial charge in [-0.25, -0.2) is 4.79 Å². The van der Waals surface area contributed by atoms with Crippen molar-refractivity contribution in [3.63, 3.8) is 0 Å². The summed E-state index contributed by atoms with van der Waals surface area (Å²) in [6, 6.07) is 16.6. The monoisotopic (exact) mass is 322 g/mol. The minimum atomic E-state index is -0.425. The Bertz CT molecular complexity index is 1060. The number of nitrogens with zero attached hydrogens (tertiary/aromatic N) is 2. The fraction of sp³-hybridized carbons (Fsp3) is 0.111. The molecule has 2 heterocycles. The summed E-state index contributed by atoms with van der Waals surface area (Å²) in [7, 11) is 1.61. The second kappa shape index (κ2) is 5.73. The highest BCUT2D eigenvalue weighted by Crippen LogP contribution is 2.29. The predicted molar refractivity (Wildman–Crippen MR) is 88.1 cm³/mol. The van der Waals surface area contributed by atoms with Crippen molar-refractivity contribution in [2.24, 2.45) is 0 Å². The van der Waals surface area contributed by atoms with Gasteiger partial charge >= 0.3 is 5.76 Å². The highest BCUT2D eigenvalue weighted by Gasteiger charge is 2.14. The van der Waals surface area contributed by atoms with E-state index < -0.39 is 5.76 Å². The van der Waals surface area contributed by atoms with Crippen LogP contribution in [0.2, 0.25) is 0 Å². The summed E-state index contributed by atoms with van der Waals surface area (Å²) in [5.41, 5.74) is 2.76. The van der Waals surface area contributed by atoms with Gasteiger partial charge in [0.25, 0.3) is 0 Å².